The molecule has 0 aromatic heterocycles. The van der Waals surface area contributed by atoms with Gasteiger partial charge in [0.15, 0.2) is 0 Å². The van der Waals surface area contributed by atoms with E-state index in [0.717, 1.165) is 38.3 Å². The molecule has 0 fully saturated rings. The van der Waals surface area contributed by atoms with Crippen LogP contribution < -0.4 is 10.1 Å². The molecule has 0 bridgehead atoms. The summed E-state index contributed by atoms with van der Waals surface area (Å²) in [5, 5.41) is 11.6. The summed E-state index contributed by atoms with van der Waals surface area (Å²) in [6.45, 7) is 4.48. The van der Waals surface area contributed by atoms with Crippen LogP contribution in [0, 0.1) is 11.3 Å². The van der Waals surface area contributed by atoms with Crippen LogP contribution in [0.1, 0.15) is 31.7 Å². The molecule has 0 aliphatic carbocycles. The van der Waals surface area contributed by atoms with Crippen LogP contribution in [0.15, 0.2) is 24.3 Å². The fourth-order valence-corrected chi connectivity index (χ4v) is 1.41. The van der Waals surface area contributed by atoms with Crippen LogP contribution in [-0.2, 0) is 6.54 Å². The number of ether oxygens (including phenoxy) is 1. The number of nitrogens with zero attached hydrogens (tertiary/aromatic N) is 1. The highest BCUT2D eigenvalue weighted by Crippen LogP contribution is 2.12. The van der Waals surface area contributed by atoms with Gasteiger partial charge in [-0.3, -0.25) is 0 Å². The SMILES string of the molecule is CCCCOc1ccc(CNCCC#N)cc1. The van der Waals surface area contributed by atoms with E-state index >= 15 is 0 Å². The maximum absolute atomic E-state index is 8.40. The molecule has 3 heteroatoms. The molecule has 0 saturated heterocycles. The van der Waals surface area contributed by atoms with Crippen LogP contribution in [0.5, 0.6) is 5.75 Å². The van der Waals surface area contributed by atoms with Crippen LogP contribution in [0.25, 0.3) is 0 Å². The van der Waals surface area contributed by atoms with Gasteiger partial charge in [-0.25, -0.2) is 0 Å². The number of unbranched alkanes of at least 4 members (excludes halogenated alkanes) is 1. The van der Waals surface area contributed by atoms with Crippen LogP contribution in [0.3, 0.4) is 0 Å². The van der Waals surface area contributed by atoms with E-state index in [0.29, 0.717) is 6.42 Å². The molecule has 0 unspecified atom stereocenters. The summed E-state index contributed by atoms with van der Waals surface area (Å²) in [6, 6.07) is 10.2. The van der Waals surface area contributed by atoms with Gasteiger partial charge in [0, 0.05) is 19.5 Å². The molecular formula is C14H20N2O. The Morgan fingerprint density at radius 2 is 2.06 bits per heavy atom. The van der Waals surface area contributed by atoms with E-state index < -0.39 is 0 Å². The summed E-state index contributed by atoms with van der Waals surface area (Å²) in [5.41, 5.74) is 1.21. The molecule has 1 aromatic rings. The van der Waals surface area contributed by atoms with Crippen molar-refractivity contribution in [1.82, 2.24) is 5.32 Å². The summed E-state index contributed by atoms with van der Waals surface area (Å²) < 4.78 is 5.58. The Hall–Kier alpha value is -1.53. The minimum Gasteiger partial charge on any atom is -0.494 e. The molecule has 1 rings (SSSR count). The molecule has 1 N–H and O–H groups in total. The second-order valence-corrected chi connectivity index (χ2v) is 3.93. The zero-order chi connectivity index (χ0) is 12.3. The Bertz CT molecular complexity index is 340. The molecule has 0 saturated carbocycles. The number of benzene rings is 1. The zero-order valence-electron chi connectivity index (χ0n) is 10.4. The van der Waals surface area contributed by atoms with Crippen molar-refractivity contribution < 1.29 is 4.74 Å². The molecule has 0 aliphatic rings. The predicted octanol–water partition coefficient (Wildman–Crippen LogP) is 2.87. The van der Waals surface area contributed by atoms with Gasteiger partial charge in [-0.15, -0.1) is 0 Å². The van der Waals surface area contributed by atoms with Crippen molar-refractivity contribution in [1.29, 1.82) is 5.26 Å². The fraction of sp³-hybridized carbons (Fsp3) is 0.500. The van der Waals surface area contributed by atoms with E-state index in [2.05, 4.69) is 30.4 Å². The maximum atomic E-state index is 8.40. The average molecular weight is 232 g/mol. The normalized spacial score (nSPS) is 9.88. The maximum Gasteiger partial charge on any atom is 0.119 e. The van der Waals surface area contributed by atoms with E-state index in [1.807, 2.05) is 12.1 Å². The van der Waals surface area contributed by atoms with Gasteiger partial charge in [-0.2, -0.15) is 5.26 Å². The van der Waals surface area contributed by atoms with Crippen molar-refractivity contribution >= 4 is 0 Å². The molecule has 0 spiro atoms. The zero-order valence-corrected chi connectivity index (χ0v) is 10.4. The second kappa shape index (κ2) is 8.60. The Kier molecular flexibility index (Phi) is 6.85. The van der Waals surface area contributed by atoms with E-state index in [1.165, 1.54) is 5.56 Å². The van der Waals surface area contributed by atoms with Crippen molar-refractivity contribution in [3.05, 3.63) is 29.8 Å². The Morgan fingerprint density at radius 1 is 1.29 bits per heavy atom. The molecule has 0 radical (unpaired) electrons. The van der Waals surface area contributed by atoms with Gasteiger partial charge in [0.05, 0.1) is 12.7 Å². The third kappa shape index (κ3) is 5.94. The smallest absolute Gasteiger partial charge is 0.119 e. The Morgan fingerprint density at radius 3 is 2.71 bits per heavy atom. The highest BCUT2D eigenvalue weighted by Gasteiger charge is 1.95. The largest absolute Gasteiger partial charge is 0.494 e. The number of rotatable bonds is 8. The van der Waals surface area contributed by atoms with E-state index in [-0.39, 0.29) is 0 Å². The molecule has 0 heterocycles. The lowest BCUT2D eigenvalue weighted by molar-refractivity contribution is 0.309. The Labute approximate surface area is 103 Å². The highest BCUT2D eigenvalue weighted by molar-refractivity contribution is 5.27. The first-order valence-corrected chi connectivity index (χ1v) is 6.16. The summed E-state index contributed by atoms with van der Waals surface area (Å²) in [7, 11) is 0. The first-order chi connectivity index (χ1) is 8.36. The third-order valence-electron chi connectivity index (χ3n) is 2.43. The number of hydrogen-bond donors (Lipinski definition) is 1. The van der Waals surface area contributed by atoms with E-state index in [4.69, 9.17) is 10.00 Å². The molecular weight excluding hydrogens is 212 g/mol. The summed E-state index contributed by atoms with van der Waals surface area (Å²) in [6.07, 6.45) is 2.80. The van der Waals surface area contributed by atoms with Gasteiger partial charge in [-0.05, 0) is 24.1 Å². The number of nitriles is 1. The number of nitrogens with one attached hydrogen (secondary N) is 1. The Balaban J connectivity index is 2.27. The van der Waals surface area contributed by atoms with E-state index in [9.17, 15) is 0 Å². The van der Waals surface area contributed by atoms with Crippen molar-refractivity contribution in [2.24, 2.45) is 0 Å². The molecule has 92 valence electrons. The van der Waals surface area contributed by atoms with Gasteiger partial charge in [-0.1, -0.05) is 25.5 Å². The van der Waals surface area contributed by atoms with Crippen molar-refractivity contribution in [3.8, 4) is 11.8 Å². The lowest BCUT2D eigenvalue weighted by Gasteiger charge is -2.07. The molecule has 0 aliphatic heterocycles. The van der Waals surface area contributed by atoms with Crippen molar-refractivity contribution in [2.75, 3.05) is 13.2 Å². The highest BCUT2D eigenvalue weighted by atomic mass is 16.5. The first kappa shape index (κ1) is 13.5. The third-order valence-corrected chi connectivity index (χ3v) is 2.43. The summed E-state index contributed by atoms with van der Waals surface area (Å²) in [4.78, 5) is 0. The monoisotopic (exact) mass is 232 g/mol. The molecule has 3 nitrogen and oxygen atoms in total. The molecule has 0 atom stereocenters. The molecule has 17 heavy (non-hydrogen) atoms. The minimum absolute atomic E-state index is 0.554. The predicted molar refractivity (Wildman–Crippen MR) is 68.8 cm³/mol. The van der Waals surface area contributed by atoms with Crippen LogP contribution in [0.2, 0.25) is 0 Å². The lowest BCUT2D eigenvalue weighted by Crippen LogP contribution is -2.13. The van der Waals surface area contributed by atoms with Gasteiger partial charge in [0.1, 0.15) is 5.75 Å². The standard InChI is InChI=1S/C14H20N2O/c1-2-3-11-17-14-7-5-13(6-8-14)12-16-10-4-9-15/h5-8,16H,2-4,10-12H2,1H3. The minimum atomic E-state index is 0.554. The fourth-order valence-electron chi connectivity index (χ4n) is 1.41. The molecule has 0 amide bonds. The van der Waals surface area contributed by atoms with Crippen LogP contribution in [0.4, 0.5) is 0 Å². The van der Waals surface area contributed by atoms with Crippen LogP contribution in [-0.4, -0.2) is 13.2 Å². The quantitative estimate of drug-likeness (QED) is 0.701. The molecule has 1 aromatic carbocycles. The lowest BCUT2D eigenvalue weighted by atomic mass is 10.2. The number of hydrogen-bond acceptors (Lipinski definition) is 3. The van der Waals surface area contributed by atoms with Gasteiger partial charge < -0.3 is 10.1 Å². The average Bonchev–Trinajstić information content (AvgIpc) is 2.37. The first-order valence-electron chi connectivity index (χ1n) is 6.16. The van der Waals surface area contributed by atoms with Crippen LogP contribution >= 0.6 is 0 Å². The van der Waals surface area contributed by atoms with Crippen molar-refractivity contribution in [2.45, 2.75) is 32.7 Å². The summed E-state index contributed by atoms with van der Waals surface area (Å²) in [5.74, 6) is 0.930. The topological polar surface area (TPSA) is 45.0 Å². The second-order valence-electron chi connectivity index (χ2n) is 3.93. The van der Waals surface area contributed by atoms with Crippen molar-refractivity contribution in [3.63, 3.8) is 0 Å². The van der Waals surface area contributed by atoms with E-state index in [1.54, 1.807) is 0 Å². The summed E-state index contributed by atoms with van der Waals surface area (Å²) >= 11 is 0. The van der Waals surface area contributed by atoms with Gasteiger partial charge in [0.25, 0.3) is 0 Å². The van der Waals surface area contributed by atoms with Gasteiger partial charge >= 0.3 is 0 Å². The van der Waals surface area contributed by atoms with Gasteiger partial charge in [0.2, 0.25) is 0 Å².